The maximum Gasteiger partial charge on any atom is 0.138 e. The Morgan fingerprint density at radius 3 is 2.70 bits per heavy atom. The van der Waals surface area contributed by atoms with E-state index in [-0.39, 0.29) is 0 Å². The molecule has 3 saturated heterocycles. The number of piperidine rings is 1. The van der Waals surface area contributed by atoms with E-state index >= 15 is 0 Å². The van der Waals surface area contributed by atoms with Crippen LogP contribution < -0.4 is 4.74 Å². The van der Waals surface area contributed by atoms with Crippen molar-refractivity contribution in [2.75, 3.05) is 26.7 Å². The first-order valence-corrected chi connectivity index (χ1v) is 10.0. The van der Waals surface area contributed by atoms with Gasteiger partial charge < -0.3 is 9.26 Å². The Hall–Kier alpha value is -1.85. The van der Waals surface area contributed by atoms with Gasteiger partial charge in [0.05, 0.1) is 12.8 Å². The zero-order valence-corrected chi connectivity index (χ0v) is 17.0. The molecule has 5 rings (SSSR count). The molecule has 2 bridgehead atoms. The number of rotatable bonds is 5. The first-order valence-electron chi connectivity index (χ1n) is 10.0. The highest BCUT2D eigenvalue weighted by Crippen LogP contribution is 2.32. The molecule has 0 saturated carbocycles. The van der Waals surface area contributed by atoms with Gasteiger partial charge in [-0.15, -0.1) is 0 Å². The molecule has 2 atom stereocenters. The molecule has 1 aromatic carbocycles. The average molecular weight is 370 g/mol. The van der Waals surface area contributed by atoms with E-state index in [1.54, 1.807) is 7.11 Å². The fraction of sp³-hybridized carbons (Fsp3) is 0.591. The highest BCUT2D eigenvalue weighted by Gasteiger charge is 2.35. The third kappa shape index (κ3) is 3.90. The van der Waals surface area contributed by atoms with Crippen molar-refractivity contribution >= 4 is 0 Å². The molecule has 0 N–H and O–H groups in total. The maximum absolute atomic E-state index is 5.64. The van der Waals surface area contributed by atoms with Gasteiger partial charge in [0.15, 0.2) is 0 Å². The molecule has 2 aromatic rings. The van der Waals surface area contributed by atoms with Gasteiger partial charge >= 0.3 is 0 Å². The number of aryl methyl sites for hydroxylation is 3. The fourth-order valence-corrected chi connectivity index (χ4v) is 4.75. The van der Waals surface area contributed by atoms with Crippen molar-refractivity contribution in [1.82, 2.24) is 15.0 Å². The molecule has 5 nitrogen and oxygen atoms in total. The van der Waals surface area contributed by atoms with E-state index in [1.165, 1.54) is 42.6 Å². The predicted molar refractivity (Wildman–Crippen MR) is 106 cm³/mol. The van der Waals surface area contributed by atoms with Crippen LogP contribution >= 0.6 is 0 Å². The van der Waals surface area contributed by atoms with Crippen LogP contribution in [0.5, 0.6) is 5.75 Å². The molecule has 0 radical (unpaired) electrons. The average Bonchev–Trinajstić information content (AvgIpc) is 2.82. The van der Waals surface area contributed by atoms with Gasteiger partial charge in [0, 0.05) is 49.9 Å². The van der Waals surface area contributed by atoms with Crippen LogP contribution in [-0.4, -0.2) is 47.7 Å². The lowest BCUT2D eigenvalue weighted by Crippen LogP contribution is -2.43. The van der Waals surface area contributed by atoms with Gasteiger partial charge in [0.1, 0.15) is 11.5 Å². The van der Waals surface area contributed by atoms with E-state index in [1.807, 2.05) is 13.8 Å². The number of hydrogen-bond donors (Lipinski definition) is 0. The minimum absolute atomic E-state index is 0.607. The molecule has 0 amide bonds. The Labute approximate surface area is 162 Å². The van der Waals surface area contributed by atoms with Crippen LogP contribution in [0.25, 0.3) is 0 Å². The van der Waals surface area contributed by atoms with Crippen molar-refractivity contribution in [3.8, 4) is 5.75 Å². The summed E-state index contributed by atoms with van der Waals surface area (Å²) < 4.78 is 11.0. The van der Waals surface area contributed by atoms with Gasteiger partial charge in [0.25, 0.3) is 0 Å². The van der Waals surface area contributed by atoms with Crippen LogP contribution in [-0.2, 0) is 13.1 Å². The standard InChI is InChI=1S/C22H31N3O2/c1-15-5-7-19(22(9-15)26-4)12-25-11-18-6-8-20(25)13-24(10-18)14-21-16(2)23-27-17(21)3/h5,7,9,18,20H,6,8,10-14H2,1-4H3/t18-,20+/m0/s1. The number of ether oxygens (including phenoxy) is 1. The zero-order chi connectivity index (χ0) is 19.0. The van der Waals surface area contributed by atoms with E-state index in [0.717, 1.165) is 42.8 Å². The van der Waals surface area contributed by atoms with Crippen molar-refractivity contribution in [3.63, 3.8) is 0 Å². The Bertz CT molecular complexity index is 781. The van der Waals surface area contributed by atoms with Crippen LogP contribution in [0.4, 0.5) is 0 Å². The fourth-order valence-electron chi connectivity index (χ4n) is 4.75. The van der Waals surface area contributed by atoms with Crippen molar-refractivity contribution in [2.45, 2.75) is 52.7 Å². The van der Waals surface area contributed by atoms with Gasteiger partial charge in [-0.3, -0.25) is 9.80 Å². The Kier molecular flexibility index (Phi) is 5.24. The predicted octanol–water partition coefficient (Wildman–Crippen LogP) is 3.70. The van der Waals surface area contributed by atoms with Gasteiger partial charge in [-0.1, -0.05) is 17.3 Å². The highest BCUT2D eigenvalue weighted by molar-refractivity contribution is 5.37. The van der Waals surface area contributed by atoms with Crippen LogP contribution in [0.3, 0.4) is 0 Å². The summed E-state index contributed by atoms with van der Waals surface area (Å²) in [6.45, 7) is 11.6. The number of hydrogen-bond acceptors (Lipinski definition) is 5. The molecule has 3 aliphatic heterocycles. The van der Waals surface area contributed by atoms with E-state index < -0.39 is 0 Å². The second-order valence-corrected chi connectivity index (χ2v) is 8.34. The monoisotopic (exact) mass is 369 g/mol. The van der Waals surface area contributed by atoms with Gasteiger partial charge in [0.2, 0.25) is 0 Å². The van der Waals surface area contributed by atoms with Crippen LogP contribution in [0.1, 0.15) is 41.0 Å². The lowest BCUT2D eigenvalue weighted by Gasteiger charge is -2.36. The molecular weight excluding hydrogens is 338 g/mol. The third-order valence-electron chi connectivity index (χ3n) is 6.28. The summed E-state index contributed by atoms with van der Waals surface area (Å²) in [5.74, 6) is 2.72. The molecular formula is C22H31N3O2. The summed E-state index contributed by atoms with van der Waals surface area (Å²) in [5, 5.41) is 4.13. The minimum Gasteiger partial charge on any atom is -0.496 e. The van der Waals surface area contributed by atoms with Gasteiger partial charge in [-0.25, -0.2) is 0 Å². The lowest BCUT2D eigenvalue weighted by atomic mass is 9.94. The first-order chi connectivity index (χ1) is 13.0. The van der Waals surface area contributed by atoms with E-state index in [4.69, 9.17) is 9.26 Å². The van der Waals surface area contributed by atoms with Crippen molar-refractivity contribution in [1.29, 1.82) is 0 Å². The molecule has 3 aliphatic rings. The van der Waals surface area contributed by atoms with Crippen LogP contribution in [0.2, 0.25) is 0 Å². The molecule has 146 valence electrons. The van der Waals surface area contributed by atoms with Gasteiger partial charge in [-0.2, -0.15) is 0 Å². The SMILES string of the molecule is COc1cc(C)ccc1CN1C[C@H]2CC[C@@H]1CN(Cc1c(C)noc1C)C2. The van der Waals surface area contributed by atoms with Crippen molar-refractivity contribution < 1.29 is 9.26 Å². The maximum atomic E-state index is 5.64. The summed E-state index contributed by atoms with van der Waals surface area (Å²) in [6.07, 6.45) is 2.63. The molecule has 3 fully saturated rings. The highest BCUT2D eigenvalue weighted by atomic mass is 16.5. The second-order valence-electron chi connectivity index (χ2n) is 8.34. The number of fused-ring (bicyclic) bond motifs is 4. The van der Waals surface area contributed by atoms with Gasteiger partial charge in [-0.05, 0) is 51.2 Å². The Morgan fingerprint density at radius 1 is 1.11 bits per heavy atom. The summed E-state index contributed by atoms with van der Waals surface area (Å²) in [7, 11) is 1.78. The number of aromatic nitrogens is 1. The number of methoxy groups -OCH3 is 1. The Morgan fingerprint density at radius 2 is 1.96 bits per heavy atom. The number of benzene rings is 1. The van der Waals surface area contributed by atoms with E-state index in [9.17, 15) is 0 Å². The van der Waals surface area contributed by atoms with Crippen LogP contribution in [0, 0.1) is 26.7 Å². The molecule has 27 heavy (non-hydrogen) atoms. The quantitative estimate of drug-likeness (QED) is 0.804. The van der Waals surface area contributed by atoms with Crippen LogP contribution in [0.15, 0.2) is 22.7 Å². The molecule has 1 aromatic heterocycles. The topological polar surface area (TPSA) is 41.7 Å². The molecule has 0 unspecified atom stereocenters. The largest absolute Gasteiger partial charge is 0.496 e. The smallest absolute Gasteiger partial charge is 0.138 e. The summed E-state index contributed by atoms with van der Waals surface area (Å²) in [5.41, 5.74) is 4.85. The molecule has 0 spiro atoms. The summed E-state index contributed by atoms with van der Waals surface area (Å²) in [4.78, 5) is 5.29. The zero-order valence-electron chi connectivity index (χ0n) is 17.0. The molecule has 4 heterocycles. The summed E-state index contributed by atoms with van der Waals surface area (Å²) in [6, 6.07) is 7.18. The lowest BCUT2D eigenvalue weighted by molar-refractivity contribution is 0.122. The first kappa shape index (κ1) is 18.5. The van der Waals surface area contributed by atoms with E-state index in [0.29, 0.717) is 6.04 Å². The molecule has 0 aliphatic carbocycles. The normalized spacial score (nSPS) is 23.6. The Balaban J connectivity index is 1.48. The number of nitrogens with zero attached hydrogens (tertiary/aromatic N) is 3. The molecule has 5 heteroatoms. The summed E-state index contributed by atoms with van der Waals surface area (Å²) >= 11 is 0. The second kappa shape index (κ2) is 7.64. The van der Waals surface area contributed by atoms with Crippen molar-refractivity contribution in [2.24, 2.45) is 5.92 Å². The van der Waals surface area contributed by atoms with Crippen molar-refractivity contribution in [3.05, 3.63) is 46.3 Å². The minimum atomic E-state index is 0.607. The van der Waals surface area contributed by atoms with E-state index in [2.05, 4.69) is 40.1 Å². The third-order valence-corrected chi connectivity index (χ3v) is 6.28.